The van der Waals surface area contributed by atoms with Crippen LogP contribution in [-0.2, 0) is 10.2 Å². The maximum absolute atomic E-state index is 13.4. The smallest absolute Gasteiger partial charge is 0.324 e. The number of carbonyl (C=O) groups is 3. The molecule has 0 unspecified atom stereocenters. The van der Waals surface area contributed by atoms with Crippen LogP contribution >= 0.6 is 0 Å². The van der Waals surface area contributed by atoms with Crippen molar-refractivity contribution in [2.24, 2.45) is 0 Å². The van der Waals surface area contributed by atoms with Gasteiger partial charge < -0.3 is 20.7 Å². The number of hydrogen-bond donors (Lipinski definition) is 5. The van der Waals surface area contributed by atoms with E-state index < -0.39 is 12.1 Å². The van der Waals surface area contributed by atoms with E-state index in [0.29, 0.717) is 23.0 Å². The van der Waals surface area contributed by atoms with Crippen molar-refractivity contribution in [3.05, 3.63) is 96.3 Å². The number of ether oxygens (including phenoxy) is 1. The lowest BCUT2D eigenvalue weighted by molar-refractivity contribution is -0.119. The fourth-order valence-electron chi connectivity index (χ4n) is 4.54. The molecule has 2 aromatic heterocycles. The number of fused-ring (bicyclic) bond motifs is 1. The summed E-state index contributed by atoms with van der Waals surface area (Å²) in [4.78, 5) is 41.0. The number of aryl methyl sites for hydroxylation is 1. The Labute approximate surface area is 266 Å². The van der Waals surface area contributed by atoms with Crippen molar-refractivity contribution in [2.45, 2.75) is 33.1 Å². The van der Waals surface area contributed by atoms with E-state index in [4.69, 9.17) is 9.84 Å². The van der Waals surface area contributed by atoms with E-state index in [2.05, 4.69) is 52.3 Å². The quantitative estimate of drug-likeness (QED) is 0.137. The number of aromatic nitrogens is 3. The molecule has 0 aliphatic rings. The van der Waals surface area contributed by atoms with Gasteiger partial charge >= 0.3 is 12.1 Å². The summed E-state index contributed by atoms with van der Waals surface area (Å²) in [7, 11) is 1.48. The Morgan fingerprint density at radius 3 is 2.30 bits per heavy atom. The molecule has 5 amide bonds. The van der Waals surface area contributed by atoms with Crippen LogP contribution in [0.25, 0.3) is 16.5 Å². The van der Waals surface area contributed by atoms with E-state index in [1.807, 2.05) is 61.5 Å². The molecule has 0 spiro atoms. The molecule has 5 aromatic rings. The number of hydrogen-bond acceptors (Lipinski definition) is 6. The number of carbonyl (C=O) groups excluding carboxylic acids is 3. The highest BCUT2D eigenvalue weighted by atomic mass is 16.5. The number of urea groups is 2. The third-order valence-electron chi connectivity index (χ3n) is 7.02. The molecule has 12 heteroatoms. The second-order valence-electron chi connectivity index (χ2n) is 11.6. The molecule has 0 aliphatic carbocycles. The van der Waals surface area contributed by atoms with Gasteiger partial charge in [-0.3, -0.25) is 15.4 Å². The number of anilines is 3. The predicted molar refractivity (Wildman–Crippen MR) is 179 cm³/mol. The van der Waals surface area contributed by atoms with Gasteiger partial charge in [-0.1, -0.05) is 62.7 Å². The molecule has 5 N–H and O–H groups in total. The Bertz CT molecular complexity index is 1890. The molecule has 12 nitrogen and oxygen atoms in total. The minimum Gasteiger partial charge on any atom is -0.457 e. The monoisotopic (exact) mass is 620 g/mol. The minimum atomic E-state index is -0.580. The SMILES string of the molecule is CNC(=O)CNC(=O)Nc1cc(Oc2ccc(NC(=O)Nc3cc(C(C)(C)C)nn3-c3ccc(C)cc3)c3ccccc23)ccn1. The minimum absolute atomic E-state index is 0.169. The van der Waals surface area contributed by atoms with E-state index in [1.54, 1.807) is 28.9 Å². The van der Waals surface area contributed by atoms with Crippen molar-refractivity contribution >= 4 is 46.1 Å². The van der Waals surface area contributed by atoms with Crippen LogP contribution < -0.4 is 31.3 Å². The molecule has 46 heavy (non-hydrogen) atoms. The lowest BCUT2D eigenvalue weighted by Crippen LogP contribution is -2.37. The van der Waals surface area contributed by atoms with Crippen LogP contribution in [0, 0.1) is 6.92 Å². The zero-order valence-electron chi connectivity index (χ0n) is 26.3. The number of pyridine rings is 1. The summed E-state index contributed by atoms with van der Waals surface area (Å²) in [6.07, 6.45) is 1.50. The summed E-state index contributed by atoms with van der Waals surface area (Å²) in [5.74, 6) is 1.42. The highest BCUT2D eigenvalue weighted by Crippen LogP contribution is 2.35. The van der Waals surface area contributed by atoms with E-state index in [9.17, 15) is 14.4 Å². The molecule has 2 heterocycles. The first-order valence-electron chi connectivity index (χ1n) is 14.7. The lowest BCUT2D eigenvalue weighted by atomic mass is 9.92. The number of benzene rings is 3. The first-order valence-corrected chi connectivity index (χ1v) is 14.7. The summed E-state index contributed by atoms with van der Waals surface area (Å²) in [6, 6.07) is 23.1. The number of amides is 5. The van der Waals surface area contributed by atoms with Gasteiger partial charge in [-0.25, -0.2) is 19.3 Å². The summed E-state index contributed by atoms with van der Waals surface area (Å²) < 4.78 is 7.91. The Balaban J connectivity index is 1.34. The molecule has 5 rings (SSSR count). The first-order chi connectivity index (χ1) is 22.0. The van der Waals surface area contributed by atoms with Gasteiger partial charge in [0.25, 0.3) is 0 Å². The molecule has 0 saturated carbocycles. The Morgan fingerprint density at radius 1 is 0.848 bits per heavy atom. The van der Waals surface area contributed by atoms with Crippen molar-refractivity contribution in [1.29, 1.82) is 0 Å². The van der Waals surface area contributed by atoms with Crippen LogP contribution in [-0.4, -0.2) is 46.3 Å². The highest BCUT2D eigenvalue weighted by molar-refractivity contribution is 6.07. The van der Waals surface area contributed by atoms with E-state index in [1.165, 1.54) is 13.2 Å². The zero-order valence-corrected chi connectivity index (χ0v) is 26.3. The molecule has 0 atom stereocenters. The Kier molecular flexibility index (Phi) is 9.17. The largest absolute Gasteiger partial charge is 0.457 e. The van der Waals surface area contributed by atoms with Gasteiger partial charge in [-0.15, -0.1) is 0 Å². The van der Waals surface area contributed by atoms with Crippen LogP contribution in [0.2, 0.25) is 0 Å². The van der Waals surface area contributed by atoms with Crippen LogP contribution in [0.5, 0.6) is 11.5 Å². The fourth-order valence-corrected chi connectivity index (χ4v) is 4.54. The van der Waals surface area contributed by atoms with Crippen molar-refractivity contribution in [3.8, 4) is 17.2 Å². The van der Waals surface area contributed by atoms with Gasteiger partial charge in [0.2, 0.25) is 5.91 Å². The fraction of sp³-hybridized carbons (Fsp3) is 0.206. The first kappa shape index (κ1) is 31.5. The molecule has 236 valence electrons. The second-order valence-corrected chi connectivity index (χ2v) is 11.6. The summed E-state index contributed by atoms with van der Waals surface area (Å²) in [5.41, 5.74) is 3.17. The van der Waals surface area contributed by atoms with Gasteiger partial charge in [-0.2, -0.15) is 5.10 Å². The van der Waals surface area contributed by atoms with Crippen molar-refractivity contribution < 1.29 is 19.1 Å². The molecule has 0 aliphatic heterocycles. The third-order valence-corrected chi connectivity index (χ3v) is 7.02. The standard InChI is InChI=1S/C34H36N8O4/c1-21-10-12-22(13-11-21)42-30(19-28(41-42)34(2,3)4)40-33(45)38-26-14-15-27(25-9-7-6-8-24(25)26)46-23-16-17-36-29(18-23)39-32(44)37-20-31(43)35-5/h6-19H,20H2,1-5H3,(H,35,43)(H2,38,40,45)(H2,36,37,39,44). The summed E-state index contributed by atoms with van der Waals surface area (Å²) in [5, 5.41) is 19.7. The number of likely N-dealkylation sites (N-methyl/N-ethyl adjacent to an activating group) is 1. The Morgan fingerprint density at radius 2 is 1.59 bits per heavy atom. The van der Waals surface area contributed by atoms with Gasteiger partial charge in [0, 0.05) is 41.6 Å². The lowest BCUT2D eigenvalue weighted by Gasteiger charge is -2.15. The molecule has 0 fully saturated rings. The summed E-state index contributed by atoms with van der Waals surface area (Å²) in [6.45, 7) is 8.07. The van der Waals surface area contributed by atoms with Crippen LogP contribution in [0.4, 0.5) is 26.9 Å². The zero-order chi connectivity index (χ0) is 32.8. The number of nitrogens with one attached hydrogen (secondary N) is 5. The second kappa shape index (κ2) is 13.4. The molecule has 0 bridgehead atoms. The molecule has 0 radical (unpaired) electrons. The number of rotatable bonds is 8. The average molecular weight is 621 g/mol. The third kappa shape index (κ3) is 7.59. The van der Waals surface area contributed by atoms with Gasteiger partial charge in [0.15, 0.2) is 0 Å². The average Bonchev–Trinajstić information content (AvgIpc) is 3.46. The normalized spacial score (nSPS) is 11.1. The van der Waals surface area contributed by atoms with Gasteiger partial charge in [0.05, 0.1) is 23.6 Å². The maximum Gasteiger partial charge on any atom is 0.324 e. The van der Waals surface area contributed by atoms with E-state index >= 15 is 0 Å². The maximum atomic E-state index is 13.4. The van der Waals surface area contributed by atoms with Gasteiger partial charge in [0.1, 0.15) is 23.1 Å². The van der Waals surface area contributed by atoms with Crippen molar-refractivity contribution in [1.82, 2.24) is 25.4 Å². The predicted octanol–water partition coefficient (Wildman–Crippen LogP) is 6.33. The van der Waals surface area contributed by atoms with Crippen LogP contribution in [0.1, 0.15) is 32.0 Å². The van der Waals surface area contributed by atoms with Gasteiger partial charge in [-0.05, 0) is 37.3 Å². The Hall–Kier alpha value is -5.91. The van der Waals surface area contributed by atoms with Crippen molar-refractivity contribution in [2.75, 3.05) is 29.5 Å². The van der Waals surface area contributed by atoms with Crippen LogP contribution in [0.15, 0.2) is 85.1 Å². The van der Waals surface area contributed by atoms with Crippen molar-refractivity contribution in [3.63, 3.8) is 0 Å². The molecular weight excluding hydrogens is 584 g/mol. The molecular formula is C34H36N8O4. The number of nitrogens with zero attached hydrogens (tertiary/aromatic N) is 3. The molecule has 0 saturated heterocycles. The highest BCUT2D eigenvalue weighted by Gasteiger charge is 2.22. The van der Waals surface area contributed by atoms with Crippen LogP contribution in [0.3, 0.4) is 0 Å². The topological polar surface area (TPSA) is 151 Å². The van der Waals surface area contributed by atoms with E-state index in [-0.39, 0.29) is 23.7 Å². The summed E-state index contributed by atoms with van der Waals surface area (Å²) >= 11 is 0. The molecule has 3 aromatic carbocycles. The van der Waals surface area contributed by atoms with E-state index in [0.717, 1.165) is 27.7 Å².